The zero-order chi connectivity index (χ0) is 20.3. The quantitative estimate of drug-likeness (QED) is 0.650. The second kappa shape index (κ2) is 8.20. The smallest absolute Gasteiger partial charge is 0.307 e. The predicted molar refractivity (Wildman–Crippen MR) is 102 cm³/mol. The number of amides is 1. The summed E-state index contributed by atoms with van der Waals surface area (Å²) in [6.07, 6.45) is 5.76. The third-order valence-corrected chi connectivity index (χ3v) is 4.66. The number of hydrogen-bond acceptors (Lipinski definition) is 5. The summed E-state index contributed by atoms with van der Waals surface area (Å²) >= 11 is 0. The molecule has 0 radical (unpaired) electrons. The molecule has 0 saturated heterocycles. The summed E-state index contributed by atoms with van der Waals surface area (Å²) in [5.41, 5.74) is 0.953. The first-order valence-electron chi connectivity index (χ1n) is 9.25. The van der Waals surface area contributed by atoms with Gasteiger partial charge in [-0.15, -0.1) is 0 Å². The SMILES string of the molecule is CCCc1cc(=O)[nH]c(-n2nc(C)cc2NC(=O)[C@H]2CC=CC[C@H]2C(=O)O)n1. The van der Waals surface area contributed by atoms with Gasteiger partial charge in [0.25, 0.3) is 5.56 Å². The number of H-pyrrole nitrogens is 1. The van der Waals surface area contributed by atoms with E-state index in [0.717, 1.165) is 6.42 Å². The number of anilines is 1. The number of aryl methyl sites for hydroxylation is 2. The van der Waals surface area contributed by atoms with E-state index in [1.165, 1.54) is 10.7 Å². The number of aromatic amines is 1. The Kier molecular flexibility index (Phi) is 5.72. The number of carboxylic acids is 1. The topological polar surface area (TPSA) is 130 Å². The highest BCUT2D eigenvalue weighted by atomic mass is 16.4. The van der Waals surface area contributed by atoms with Crippen LogP contribution in [0.15, 0.2) is 29.1 Å². The second-order valence-electron chi connectivity index (χ2n) is 6.88. The van der Waals surface area contributed by atoms with Crippen molar-refractivity contribution in [2.75, 3.05) is 5.32 Å². The summed E-state index contributed by atoms with van der Waals surface area (Å²) in [5, 5.41) is 16.5. The standard InChI is InChI=1S/C19H23N5O4/c1-3-6-12-10-16(25)22-19(20-12)24-15(9-11(2)23-24)21-17(26)13-7-4-5-8-14(13)18(27)28/h4-5,9-10,13-14H,3,6-8H2,1-2H3,(H,21,26)(H,27,28)(H,20,22,25)/t13-,14+/m0/s1. The zero-order valence-electron chi connectivity index (χ0n) is 15.8. The third-order valence-electron chi connectivity index (χ3n) is 4.66. The monoisotopic (exact) mass is 385 g/mol. The fourth-order valence-electron chi connectivity index (χ4n) is 3.32. The van der Waals surface area contributed by atoms with Crippen molar-refractivity contribution in [3.05, 3.63) is 46.0 Å². The van der Waals surface area contributed by atoms with E-state index < -0.39 is 23.7 Å². The Labute approximate surface area is 161 Å². The highest BCUT2D eigenvalue weighted by Crippen LogP contribution is 2.27. The van der Waals surface area contributed by atoms with Gasteiger partial charge in [0.15, 0.2) is 0 Å². The van der Waals surface area contributed by atoms with E-state index in [0.29, 0.717) is 36.5 Å². The number of rotatable bonds is 6. The maximum atomic E-state index is 12.8. The lowest BCUT2D eigenvalue weighted by Crippen LogP contribution is -2.35. The van der Waals surface area contributed by atoms with Crippen molar-refractivity contribution < 1.29 is 14.7 Å². The van der Waals surface area contributed by atoms with Gasteiger partial charge in [-0.25, -0.2) is 4.98 Å². The van der Waals surface area contributed by atoms with Crippen molar-refractivity contribution in [1.82, 2.24) is 19.7 Å². The summed E-state index contributed by atoms with van der Waals surface area (Å²) in [6.45, 7) is 3.74. The van der Waals surface area contributed by atoms with Crippen molar-refractivity contribution in [2.24, 2.45) is 11.8 Å². The van der Waals surface area contributed by atoms with Crippen LogP contribution in [-0.2, 0) is 16.0 Å². The maximum absolute atomic E-state index is 12.8. The van der Waals surface area contributed by atoms with E-state index in [9.17, 15) is 19.5 Å². The molecule has 2 atom stereocenters. The Hall–Kier alpha value is -3.23. The lowest BCUT2D eigenvalue weighted by molar-refractivity contribution is -0.146. The molecule has 1 amide bonds. The summed E-state index contributed by atoms with van der Waals surface area (Å²) in [4.78, 5) is 43.3. The van der Waals surface area contributed by atoms with Crippen LogP contribution in [0.25, 0.3) is 5.95 Å². The number of carbonyl (C=O) groups is 2. The van der Waals surface area contributed by atoms with Crippen molar-refractivity contribution in [3.8, 4) is 5.95 Å². The van der Waals surface area contributed by atoms with Gasteiger partial charge in [0.05, 0.1) is 17.5 Å². The van der Waals surface area contributed by atoms with Crippen LogP contribution in [0.2, 0.25) is 0 Å². The van der Waals surface area contributed by atoms with E-state index in [4.69, 9.17) is 0 Å². The molecule has 2 aromatic heterocycles. The van der Waals surface area contributed by atoms with Crippen LogP contribution in [0.1, 0.15) is 37.6 Å². The van der Waals surface area contributed by atoms with Crippen molar-refractivity contribution in [1.29, 1.82) is 0 Å². The number of carboxylic acid groups (broad SMARTS) is 1. The molecular weight excluding hydrogens is 362 g/mol. The van der Waals surface area contributed by atoms with Gasteiger partial charge in [0.1, 0.15) is 5.82 Å². The average Bonchev–Trinajstić information content (AvgIpc) is 3.01. The molecule has 9 heteroatoms. The van der Waals surface area contributed by atoms with Gasteiger partial charge >= 0.3 is 5.97 Å². The molecule has 0 bridgehead atoms. The first-order chi connectivity index (χ1) is 13.4. The molecule has 2 heterocycles. The Bertz CT molecular complexity index is 975. The molecule has 3 rings (SSSR count). The molecule has 0 spiro atoms. The Balaban J connectivity index is 1.91. The molecule has 0 saturated carbocycles. The van der Waals surface area contributed by atoms with Gasteiger partial charge in [-0.2, -0.15) is 9.78 Å². The summed E-state index contributed by atoms with van der Waals surface area (Å²) < 4.78 is 1.36. The van der Waals surface area contributed by atoms with Gasteiger partial charge in [-0.05, 0) is 26.2 Å². The first-order valence-corrected chi connectivity index (χ1v) is 9.25. The molecule has 1 aliphatic carbocycles. The third kappa shape index (κ3) is 4.19. The molecule has 0 aliphatic heterocycles. The molecule has 9 nitrogen and oxygen atoms in total. The van der Waals surface area contributed by atoms with E-state index in [1.54, 1.807) is 19.1 Å². The van der Waals surface area contributed by atoms with E-state index in [-0.39, 0.29) is 11.5 Å². The molecule has 0 aromatic carbocycles. The largest absolute Gasteiger partial charge is 0.481 e. The van der Waals surface area contributed by atoms with Crippen molar-refractivity contribution >= 4 is 17.7 Å². The summed E-state index contributed by atoms with van der Waals surface area (Å²) in [7, 11) is 0. The van der Waals surface area contributed by atoms with Crippen LogP contribution in [0.4, 0.5) is 5.82 Å². The van der Waals surface area contributed by atoms with Crippen LogP contribution in [0.3, 0.4) is 0 Å². The van der Waals surface area contributed by atoms with E-state index in [2.05, 4.69) is 20.4 Å². The zero-order valence-corrected chi connectivity index (χ0v) is 15.8. The number of hydrogen-bond donors (Lipinski definition) is 3. The lowest BCUT2D eigenvalue weighted by atomic mass is 9.82. The first kappa shape index (κ1) is 19.5. The second-order valence-corrected chi connectivity index (χ2v) is 6.88. The number of aromatic nitrogens is 4. The van der Waals surface area contributed by atoms with Gasteiger partial charge < -0.3 is 10.4 Å². The van der Waals surface area contributed by atoms with Crippen molar-refractivity contribution in [3.63, 3.8) is 0 Å². The molecule has 1 aliphatic rings. The summed E-state index contributed by atoms with van der Waals surface area (Å²) in [6, 6.07) is 3.09. The average molecular weight is 385 g/mol. The number of nitrogens with zero attached hydrogens (tertiary/aromatic N) is 3. The minimum Gasteiger partial charge on any atom is -0.481 e. The minimum absolute atomic E-state index is 0.206. The summed E-state index contributed by atoms with van der Waals surface area (Å²) in [5.74, 6) is -2.30. The predicted octanol–water partition coefficient (Wildman–Crippen LogP) is 1.82. The molecule has 2 aromatic rings. The van der Waals surface area contributed by atoms with Crippen LogP contribution in [0.5, 0.6) is 0 Å². The fraction of sp³-hybridized carbons (Fsp3) is 0.421. The molecular formula is C19H23N5O4. The minimum atomic E-state index is -0.993. The van der Waals surface area contributed by atoms with Gasteiger partial charge in [0, 0.05) is 17.8 Å². The highest BCUT2D eigenvalue weighted by Gasteiger charge is 2.34. The normalized spacial score (nSPS) is 18.8. The number of allylic oxidation sites excluding steroid dienone is 2. The molecule has 28 heavy (non-hydrogen) atoms. The van der Waals surface area contributed by atoms with Gasteiger partial charge in [0.2, 0.25) is 11.9 Å². The van der Waals surface area contributed by atoms with Crippen LogP contribution >= 0.6 is 0 Å². The molecule has 0 fully saturated rings. The maximum Gasteiger partial charge on any atom is 0.307 e. The number of aliphatic carboxylic acids is 1. The highest BCUT2D eigenvalue weighted by molar-refractivity contribution is 5.95. The Morgan fingerprint density at radius 1 is 1.29 bits per heavy atom. The van der Waals surface area contributed by atoms with Crippen LogP contribution in [0, 0.1) is 18.8 Å². The van der Waals surface area contributed by atoms with Crippen LogP contribution in [-0.4, -0.2) is 36.7 Å². The molecule has 0 unspecified atom stereocenters. The van der Waals surface area contributed by atoms with Gasteiger partial charge in [-0.1, -0.05) is 25.5 Å². The number of carbonyl (C=O) groups excluding carboxylic acids is 1. The molecule has 3 N–H and O–H groups in total. The lowest BCUT2D eigenvalue weighted by Gasteiger charge is -2.24. The van der Waals surface area contributed by atoms with Gasteiger partial charge in [-0.3, -0.25) is 19.4 Å². The van der Waals surface area contributed by atoms with Crippen molar-refractivity contribution in [2.45, 2.75) is 39.5 Å². The Morgan fingerprint density at radius 3 is 2.68 bits per heavy atom. The number of nitrogens with one attached hydrogen (secondary N) is 2. The molecule has 148 valence electrons. The Morgan fingerprint density at radius 2 is 2.00 bits per heavy atom. The van der Waals surface area contributed by atoms with E-state index >= 15 is 0 Å². The van der Waals surface area contributed by atoms with Crippen LogP contribution < -0.4 is 10.9 Å². The fourth-order valence-corrected chi connectivity index (χ4v) is 3.32. The van der Waals surface area contributed by atoms with E-state index in [1.807, 2.05) is 13.0 Å².